The average Bonchev–Trinajstić information content (AvgIpc) is 3.70. The average molecular weight is 756 g/mol. The predicted octanol–water partition coefficient (Wildman–Crippen LogP) is 14.6. The molecule has 0 saturated heterocycles. The second kappa shape index (κ2) is 15.2. The van der Waals surface area contributed by atoms with Crippen LogP contribution in [0.25, 0.3) is 106 Å². The summed E-state index contributed by atoms with van der Waals surface area (Å²) in [5.74, 6) is 1.57. The van der Waals surface area contributed by atoms with Gasteiger partial charge in [-0.15, -0.1) is 0 Å². The van der Waals surface area contributed by atoms with Crippen molar-refractivity contribution >= 4 is 27.5 Å². The van der Waals surface area contributed by atoms with Gasteiger partial charge >= 0.3 is 0 Å². The van der Waals surface area contributed by atoms with Gasteiger partial charge in [0, 0.05) is 27.5 Å². The summed E-state index contributed by atoms with van der Waals surface area (Å²) in [6.45, 7) is 8.13. The molecule has 0 aliphatic carbocycles. The molecule has 2 heterocycles. The Balaban J connectivity index is 1.00. The van der Waals surface area contributed by atoms with Crippen LogP contribution in [0.1, 0.15) is 5.82 Å². The van der Waals surface area contributed by atoms with E-state index in [2.05, 4.69) is 165 Å². The highest BCUT2D eigenvalue weighted by Crippen LogP contribution is 2.39. The minimum Gasteiger partial charge on any atom is -0.456 e. The molecule has 0 radical (unpaired) electrons. The number of aromatic nitrogens is 3. The van der Waals surface area contributed by atoms with Gasteiger partial charge in [-0.2, -0.15) is 0 Å². The Kier molecular flexibility index (Phi) is 9.13. The van der Waals surface area contributed by atoms with E-state index in [1.54, 1.807) is 6.08 Å². The monoisotopic (exact) mass is 755 g/mol. The van der Waals surface area contributed by atoms with Crippen molar-refractivity contribution in [1.29, 1.82) is 0 Å². The molecule has 2 aromatic heterocycles. The standard InChI is InChI=1S/C55H37N3O/c1-3-36(2)53-56-54(42-29-27-39(28-30-42)37-13-6-4-7-14-37)58-55(57-53)48-21-12-22-51-52(48)49-35-47(31-32-50(49)59-51)46-20-11-19-45(34-46)41-25-23-40(24-26-41)44-18-10-17-43(33-44)38-15-8-5-9-16-38/h3-35H,1-2H2. The fourth-order valence-electron chi connectivity index (χ4n) is 7.74. The third kappa shape index (κ3) is 6.94. The van der Waals surface area contributed by atoms with E-state index in [0.717, 1.165) is 66.4 Å². The Morgan fingerprint density at radius 1 is 0.390 bits per heavy atom. The summed E-state index contributed by atoms with van der Waals surface area (Å²) in [4.78, 5) is 14.8. The largest absolute Gasteiger partial charge is 0.456 e. The van der Waals surface area contributed by atoms with Gasteiger partial charge in [-0.1, -0.05) is 183 Å². The number of hydrogen-bond donors (Lipinski definition) is 0. The van der Waals surface area contributed by atoms with Crippen LogP contribution in [0, 0.1) is 0 Å². The maximum atomic E-state index is 6.44. The van der Waals surface area contributed by atoms with E-state index in [4.69, 9.17) is 19.4 Å². The lowest BCUT2D eigenvalue weighted by molar-refractivity contribution is 0.669. The first kappa shape index (κ1) is 35.5. The Morgan fingerprint density at radius 2 is 0.831 bits per heavy atom. The first-order valence-corrected chi connectivity index (χ1v) is 19.6. The molecule has 4 heteroatoms. The Labute approximate surface area is 343 Å². The SMILES string of the molecule is C=CC(=C)c1nc(-c2ccc(-c3ccccc3)cc2)nc(-c2cccc3oc4ccc(-c5cccc(-c6ccc(-c7cccc(-c8ccccc8)c7)cc6)c5)cc4c23)n1. The van der Waals surface area contributed by atoms with Crippen molar-refractivity contribution in [3.8, 4) is 78.4 Å². The molecule has 10 aromatic rings. The van der Waals surface area contributed by atoms with Gasteiger partial charge in [0.05, 0.1) is 0 Å². The highest BCUT2D eigenvalue weighted by Gasteiger charge is 2.18. The molecule has 8 aromatic carbocycles. The molecule has 0 aliphatic heterocycles. The highest BCUT2D eigenvalue weighted by atomic mass is 16.3. The summed E-state index contributed by atoms with van der Waals surface area (Å²) in [6, 6.07) is 67.8. The summed E-state index contributed by atoms with van der Waals surface area (Å²) >= 11 is 0. The lowest BCUT2D eigenvalue weighted by atomic mass is 9.95. The van der Waals surface area contributed by atoms with Crippen molar-refractivity contribution in [3.63, 3.8) is 0 Å². The van der Waals surface area contributed by atoms with E-state index < -0.39 is 0 Å². The van der Waals surface area contributed by atoms with Crippen LogP contribution in [-0.4, -0.2) is 15.0 Å². The van der Waals surface area contributed by atoms with Gasteiger partial charge in [-0.25, -0.2) is 15.0 Å². The van der Waals surface area contributed by atoms with E-state index in [9.17, 15) is 0 Å². The maximum absolute atomic E-state index is 6.44. The van der Waals surface area contributed by atoms with Crippen molar-refractivity contribution in [2.45, 2.75) is 0 Å². The first-order valence-electron chi connectivity index (χ1n) is 19.6. The lowest BCUT2D eigenvalue weighted by Crippen LogP contribution is -2.02. The normalized spacial score (nSPS) is 11.2. The Bertz CT molecular complexity index is 3160. The molecular weight excluding hydrogens is 719 g/mol. The molecule has 59 heavy (non-hydrogen) atoms. The summed E-state index contributed by atoms with van der Waals surface area (Å²) in [5, 5.41) is 1.93. The molecule has 0 amide bonds. The number of hydrogen-bond acceptors (Lipinski definition) is 4. The molecular formula is C55H37N3O. The lowest BCUT2D eigenvalue weighted by Gasteiger charge is -2.10. The zero-order valence-electron chi connectivity index (χ0n) is 32.2. The molecule has 0 aliphatic rings. The van der Waals surface area contributed by atoms with Gasteiger partial charge in [-0.3, -0.25) is 0 Å². The van der Waals surface area contributed by atoms with E-state index >= 15 is 0 Å². The molecule has 0 spiro atoms. The summed E-state index contributed by atoms with van der Waals surface area (Å²) in [5.41, 5.74) is 15.5. The third-order valence-corrected chi connectivity index (χ3v) is 10.9. The summed E-state index contributed by atoms with van der Waals surface area (Å²) in [7, 11) is 0. The van der Waals surface area contributed by atoms with Crippen molar-refractivity contribution in [1.82, 2.24) is 15.0 Å². The van der Waals surface area contributed by atoms with Crippen molar-refractivity contribution < 1.29 is 4.42 Å². The smallest absolute Gasteiger partial charge is 0.164 e. The van der Waals surface area contributed by atoms with Crippen LogP contribution in [0.3, 0.4) is 0 Å². The van der Waals surface area contributed by atoms with E-state index in [1.165, 1.54) is 22.3 Å². The molecule has 0 N–H and O–H groups in total. The quantitative estimate of drug-likeness (QED) is 0.138. The van der Waals surface area contributed by atoms with Gasteiger partial charge < -0.3 is 4.42 Å². The minimum atomic E-state index is 0.475. The molecule has 0 unspecified atom stereocenters. The predicted molar refractivity (Wildman–Crippen MR) is 244 cm³/mol. The van der Waals surface area contributed by atoms with Crippen LogP contribution in [-0.2, 0) is 0 Å². The second-order valence-corrected chi connectivity index (χ2v) is 14.6. The Hall–Kier alpha value is -7.95. The van der Waals surface area contributed by atoms with Crippen LogP contribution in [0.2, 0.25) is 0 Å². The van der Waals surface area contributed by atoms with Crippen LogP contribution in [0.4, 0.5) is 0 Å². The maximum Gasteiger partial charge on any atom is 0.164 e. The first-order chi connectivity index (χ1) is 29.1. The molecule has 10 rings (SSSR count). The topological polar surface area (TPSA) is 51.8 Å². The molecule has 0 atom stereocenters. The number of furan rings is 1. The summed E-state index contributed by atoms with van der Waals surface area (Å²) in [6.07, 6.45) is 1.68. The molecule has 0 saturated carbocycles. The molecule has 0 fully saturated rings. The van der Waals surface area contributed by atoms with Crippen molar-refractivity contribution in [2.24, 2.45) is 0 Å². The fraction of sp³-hybridized carbons (Fsp3) is 0. The minimum absolute atomic E-state index is 0.475. The summed E-state index contributed by atoms with van der Waals surface area (Å²) < 4.78 is 6.44. The van der Waals surface area contributed by atoms with Gasteiger partial charge in [0.25, 0.3) is 0 Å². The van der Waals surface area contributed by atoms with Crippen molar-refractivity contribution in [2.75, 3.05) is 0 Å². The fourth-order valence-corrected chi connectivity index (χ4v) is 7.74. The van der Waals surface area contributed by atoms with Crippen LogP contribution >= 0.6 is 0 Å². The van der Waals surface area contributed by atoms with Gasteiger partial charge in [0.2, 0.25) is 0 Å². The number of benzene rings is 8. The molecule has 0 bridgehead atoms. The van der Waals surface area contributed by atoms with E-state index in [0.29, 0.717) is 23.0 Å². The number of nitrogens with zero attached hydrogens (tertiary/aromatic N) is 3. The number of allylic oxidation sites excluding steroid dienone is 2. The van der Waals surface area contributed by atoms with Crippen molar-refractivity contribution in [3.05, 3.63) is 219 Å². The Morgan fingerprint density at radius 3 is 1.42 bits per heavy atom. The van der Waals surface area contributed by atoms with E-state index in [1.807, 2.05) is 42.5 Å². The van der Waals surface area contributed by atoms with Crippen LogP contribution < -0.4 is 0 Å². The second-order valence-electron chi connectivity index (χ2n) is 14.6. The number of fused-ring (bicyclic) bond motifs is 3. The van der Waals surface area contributed by atoms with Gasteiger partial charge in [-0.05, 0) is 86.0 Å². The number of rotatable bonds is 9. The zero-order valence-corrected chi connectivity index (χ0v) is 32.2. The van der Waals surface area contributed by atoms with Gasteiger partial charge in [0.1, 0.15) is 11.2 Å². The van der Waals surface area contributed by atoms with Crippen LogP contribution in [0.5, 0.6) is 0 Å². The van der Waals surface area contributed by atoms with Gasteiger partial charge in [0.15, 0.2) is 17.5 Å². The molecule has 278 valence electrons. The molecule has 4 nitrogen and oxygen atoms in total. The third-order valence-electron chi connectivity index (χ3n) is 10.9. The highest BCUT2D eigenvalue weighted by molar-refractivity contribution is 6.12. The van der Waals surface area contributed by atoms with Crippen LogP contribution in [0.15, 0.2) is 218 Å². The zero-order chi connectivity index (χ0) is 39.7. The van der Waals surface area contributed by atoms with E-state index in [-0.39, 0.29) is 0 Å².